The fraction of sp³-hybridized carbons (Fsp3) is 0.278. The van der Waals surface area contributed by atoms with Gasteiger partial charge < -0.3 is 5.32 Å². The summed E-state index contributed by atoms with van der Waals surface area (Å²) in [5.41, 5.74) is 1.70. The molecule has 0 aromatic heterocycles. The van der Waals surface area contributed by atoms with Gasteiger partial charge in [-0.1, -0.05) is 47.0 Å². The Kier molecular flexibility index (Phi) is 6.49. The molecule has 2 aromatic carbocycles. The van der Waals surface area contributed by atoms with E-state index in [4.69, 9.17) is 23.2 Å². The van der Waals surface area contributed by atoms with Crippen LogP contribution in [0, 0.1) is 6.92 Å². The van der Waals surface area contributed by atoms with E-state index in [1.807, 2.05) is 6.92 Å². The summed E-state index contributed by atoms with van der Waals surface area (Å²) in [6.07, 6.45) is -0.119. The molecule has 7 heteroatoms. The Bertz CT molecular complexity index is 864. The molecule has 0 aliphatic heterocycles. The fourth-order valence-electron chi connectivity index (χ4n) is 2.33. The van der Waals surface area contributed by atoms with E-state index in [0.29, 0.717) is 10.0 Å². The maximum atomic E-state index is 12.3. The zero-order valence-corrected chi connectivity index (χ0v) is 16.3. The van der Waals surface area contributed by atoms with Gasteiger partial charge in [0, 0.05) is 16.5 Å². The molecule has 0 bridgehead atoms. The van der Waals surface area contributed by atoms with Crippen LogP contribution in [0.1, 0.15) is 30.5 Å². The van der Waals surface area contributed by atoms with Gasteiger partial charge in [0.05, 0.1) is 16.7 Å². The van der Waals surface area contributed by atoms with Crippen LogP contribution >= 0.6 is 23.2 Å². The van der Waals surface area contributed by atoms with Gasteiger partial charge >= 0.3 is 0 Å². The zero-order valence-electron chi connectivity index (χ0n) is 13.9. The third-order valence-corrected chi connectivity index (χ3v) is 6.08. The van der Waals surface area contributed by atoms with Crippen LogP contribution in [-0.4, -0.2) is 20.1 Å². The molecule has 0 radical (unpaired) electrons. The van der Waals surface area contributed by atoms with E-state index in [1.54, 1.807) is 49.4 Å². The van der Waals surface area contributed by atoms with Crippen molar-refractivity contribution in [3.8, 4) is 0 Å². The highest BCUT2D eigenvalue weighted by Gasteiger charge is 2.18. The van der Waals surface area contributed by atoms with Crippen LogP contribution in [0.5, 0.6) is 0 Å². The van der Waals surface area contributed by atoms with Gasteiger partial charge in [-0.25, -0.2) is 8.42 Å². The van der Waals surface area contributed by atoms with Gasteiger partial charge in [-0.2, -0.15) is 0 Å². The van der Waals surface area contributed by atoms with Gasteiger partial charge in [-0.15, -0.1) is 0 Å². The first kappa shape index (κ1) is 19.8. The molecule has 1 amide bonds. The van der Waals surface area contributed by atoms with Crippen molar-refractivity contribution in [2.45, 2.75) is 31.2 Å². The lowest BCUT2D eigenvalue weighted by Crippen LogP contribution is -2.28. The molecule has 0 saturated carbocycles. The number of benzene rings is 2. The smallest absolute Gasteiger partial charge is 0.221 e. The van der Waals surface area contributed by atoms with Gasteiger partial charge in [0.25, 0.3) is 0 Å². The highest BCUT2D eigenvalue weighted by molar-refractivity contribution is 7.91. The summed E-state index contributed by atoms with van der Waals surface area (Å²) in [4.78, 5) is 12.3. The number of nitrogens with one attached hydrogen (secondary N) is 1. The summed E-state index contributed by atoms with van der Waals surface area (Å²) in [7, 11) is -3.49. The molecule has 1 atom stereocenters. The van der Waals surface area contributed by atoms with Crippen LogP contribution in [0.2, 0.25) is 10.0 Å². The number of carbonyl (C=O) groups excluding carboxylic acids is 1. The van der Waals surface area contributed by atoms with Crippen LogP contribution in [0.4, 0.5) is 0 Å². The maximum Gasteiger partial charge on any atom is 0.221 e. The van der Waals surface area contributed by atoms with Crippen LogP contribution in [0.25, 0.3) is 0 Å². The predicted molar refractivity (Wildman–Crippen MR) is 101 cm³/mol. The molecule has 4 nitrogen and oxygen atoms in total. The number of halogens is 2. The van der Waals surface area contributed by atoms with Crippen molar-refractivity contribution in [3.05, 3.63) is 63.6 Å². The van der Waals surface area contributed by atoms with E-state index in [1.165, 1.54) is 0 Å². The third-order valence-electron chi connectivity index (χ3n) is 3.78. The number of aryl methyl sites for hydroxylation is 1. The number of carbonyl (C=O) groups is 1. The first-order valence-electron chi connectivity index (χ1n) is 7.73. The third kappa shape index (κ3) is 5.46. The number of hydrogen-bond acceptors (Lipinski definition) is 3. The lowest BCUT2D eigenvalue weighted by Gasteiger charge is -2.16. The monoisotopic (exact) mass is 399 g/mol. The molecule has 0 saturated heterocycles. The van der Waals surface area contributed by atoms with Crippen molar-refractivity contribution in [1.29, 1.82) is 0 Å². The van der Waals surface area contributed by atoms with E-state index >= 15 is 0 Å². The average Bonchev–Trinajstić information content (AvgIpc) is 2.53. The van der Waals surface area contributed by atoms with Crippen LogP contribution < -0.4 is 5.32 Å². The highest BCUT2D eigenvalue weighted by Crippen LogP contribution is 2.26. The second-order valence-corrected chi connectivity index (χ2v) is 8.79. The number of rotatable bonds is 6. The average molecular weight is 400 g/mol. The molecule has 134 valence electrons. The van der Waals surface area contributed by atoms with Gasteiger partial charge in [0.15, 0.2) is 9.84 Å². The minimum Gasteiger partial charge on any atom is -0.350 e. The predicted octanol–water partition coefficient (Wildman–Crippen LogP) is 4.34. The number of sulfone groups is 1. The number of amides is 1. The quantitative estimate of drug-likeness (QED) is 0.785. The standard InChI is InChI=1S/C18H19Cl2NO3S/c1-12-3-6-15(7-4-12)25(23,24)10-9-18(22)21-13(2)16-8-5-14(19)11-17(16)20/h3-8,11,13H,9-10H2,1-2H3,(H,21,22). The molecular formula is C18H19Cl2NO3S. The van der Waals surface area contributed by atoms with Crippen molar-refractivity contribution in [3.63, 3.8) is 0 Å². The Hall–Kier alpha value is -1.56. The summed E-state index contributed by atoms with van der Waals surface area (Å²) < 4.78 is 24.6. The second-order valence-electron chi connectivity index (χ2n) is 5.84. The van der Waals surface area contributed by atoms with E-state index < -0.39 is 9.84 Å². The minimum atomic E-state index is -3.49. The Labute approximate surface area is 158 Å². The summed E-state index contributed by atoms with van der Waals surface area (Å²) in [6.45, 7) is 3.66. The second kappa shape index (κ2) is 8.21. The first-order valence-corrected chi connectivity index (χ1v) is 10.1. The topological polar surface area (TPSA) is 63.2 Å². The molecule has 0 aliphatic rings. The van der Waals surface area contributed by atoms with E-state index in [9.17, 15) is 13.2 Å². The van der Waals surface area contributed by atoms with Gasteiger partial charge in [0.2, 0.25) is 5.91 Å². The molecule has 0 aliphatic carbocycles. The van der Waals surface area contributed by atoms with Gasteiger partial charge in [-0.05, 0) is 43.7 Å². The van der Waals surface area contributed by atoms with Crippen molar-refractivity contribution in [2.24, 2.45) is 0 Å². The van der Waals surface area contributed by atoms with Crippen LogP contribution in [0.15, 0.2) is 47.4 Å². The molecule has 1 unspecified atom stereocenters. The molecule has 1 N–H and O–H groups in total. The Morgan fingerprint density at radius 2 is 1.76 bits per heavy atom. The lowest BCUT2D eigenvalue weighted by molar-refractivity contribution is -0.121. The zero-order chi connectivity index (χ0) is 18.6. The van der Waals surface area contributed by atoms with Crippen molar-refractivity contribution in [1.82, 2.24) is 5.32 Å². The largest absolute Gasteiger partial charge is 0.350 e. The summed E-state index contributed by atoms with van der Waals surface area (Å²) >= 11 is 12.0. The molecule has 0 spiro atoms. The summed E-state index contributed by atoms with van der Waals surface area (Å²) in [5, 5.41) is 3.72. The highest BCUT2D eigenvalue weighted by atomic mass is 35.5. The number of hydrogen-bond donors (Lipinski definition) is 1. The van der Waals surface area contributed by atoms with Crippen molar-refractivity contribution < 1.29 is 13.2 Å². The maximum absolute atomic E-state index is 12.3. The molecule has 2 aromatic rings. The Morgan fingerprint density at radius 1 is 1.12 bits per heavy atom. The van der Waals surface area contributed by atoms with E-state index in [-0.39, 0.29) is 29.0 Å². The summed E-state index contributed by atoms with van der Waals surface area (Å²) in [6, 6.07) is 11.3. The fourth-order valence-corrected chi connectivity index (χ4v) is 4.15. The Balaban J connectivity index is 1.97. The summed E-state index contributed by atoms with van der Waals surface area (Å²) in [5.74, 6) is -0.600. The van der Waals surface area contributed by atoms with Crippen molar-refractivity contribution >= 4 is 38.9 Å². The first-order chi connectivity index (χ1) is 11.7. The molecule has 2 rings (SSSR count). The Morgan fingerprint density at radius 3 is 2.36 bits per heavy atom. The van der Waals surface area contributed by atoms with Gasteiger partial charge in [-0.3, -0.25) is 4.79 Å². The normalized spacial score (nSPS) is 12.6. The van der Waals surface area contributed by atoms with Crippen molar-refractivity contribution in [2.75, 3.05) is 5.75 Å². The minimum absolute atomic E-state index is 0.119. The molecule has 0 fully saturated rings. The SMILES string of the molecule is Cc1ccc(S(=O)(=O)CCC(=O)NC(C)c2ccc(Cl)cc2Cl)cc1. The van der Waals surface area contributed by atoms with E-state index in [0.717, 1.165) is 11.1 Å². The van der Waals surface area contributed by atoms with E-state index in [2.05, 4.69) is 5.32 Å². The lowest BCUT2D eigenvalue weighted by atomic mass is 10.1. The van der Waals surface area contributed by atoms with Gasteiger partial charge in [0.1, 0.15) is 0 Å². The van der Waals surface area contributed by atoms with Crippen LogP contribution in [-0.2, 0) is 14.6 Å². The molecule has 25 heavy (non-hydrogen) atoms. The molecule has 0 heterocycles. The van der Waals surface area contributed by atoms with Crippen LogP contribution in [0.3, 0.4) is 0 Å². The molecular weight excluding hydrogens is 381 g/mol.